The molecule has 0 unspecified atom stereocenters. The third-order valence-electron chi connectivity index (χ3n) is 2.34. The van der Waals surface area contributed by atoms with Crippen molar-refractivity contribution in [3.8, 4) is 11.5 Å². The van der Waals surface area contributed by atoms with Gasteiger partial charge >= 0.3 is 18.9 Å². The number of ether oxygens (including phenoxy) is 1. The van der Waals surface area contributed by atoms with Crippen LogP contribution in [0, 0.1) is 6.92 Å². The van der Waals surface area contributed by atoms with Crippen molar-refractivity contribution in [3.63, 3.8) is 0 Å². The Kier molecular flexibility index (Phi) is 5.91. The van der Waals surface area contributed by atoms with Crippen LogP contribution < -0.4 is 28.7 Å². The average molecular weight is 304 g/mol. The molecule has 0 N–H and O–H groups in total. The van der Waals surface area contributed by atoms with Crippen LogP contribution >= 0.6 is 23.2 Å². The second kappa shape index (κ2) is 7.01. The Labute approximate surface area is 137 Å². The molecule has 7 heteroatoms. The summed E-state index contributed by atoms with van der Waals surface area (Å²) in [5, 5.41) is 11.7. The van der Waals surface area contributed by atoms with Crippen molar-refractivity contribution in [2.75, 3.05) is 0 Å². The predicted octanol–water partition coefficient (Wildman–Crippen LogP) is -0.143. The van der Waals surface area contributed by atoms with Gasteiger partial charge in [-0.3, -0.25) is 4.98 Å². The Morgan fingerprint density at radius 1 is 1.25 bits per heavy atom. The molecule has 0 spiro atoms. The average Bonchev–Trinajstić information content (AvgIpc) is 2.33. The molecule has 0 radical (unpaired) electrons. The Balaban J connectivity index is 0.00000200. The maximum Gasteiger partial charge on any atom is 1.00 e. The SMILES string of the molecule is Cc1cc(Oc2cc(Cl)ccc2Cl)c(C(=O)[O-])cn1.[Li+]. The smallest absolute Gasteiger partial charge is 0.545 e. The number of carbonyl (C=O) groups excluding carboxylic acids is 1. The van der Waals surface area contributed by atoms with Gasteiger partial charge in [0.1, 0.15) is 11.5 Å². The molecule has 1 heterocycles. The van der Waals surface area contributed by atoms with E-state index in [1.807, 2.05) is 0 Å². The fourth-order valence-electron chi connectivity index (χ4n) is 1.45. The number of hydrogen-bond acceptors (Lipinski definition) is 4. The number of benzene rings is 1. The Hall–Kier alpha value is -1.18. The first-order chi connectivity index (χ1) is 8.97. The van der Waals surface area contributed by atoms with Crippen molar-refractivity contribution in [3.05, 3.63) is 51.8 Å². The molecule has 0 saturated heterocycles. The maximum atomic E-state index is 11.0. The number of hydrogen-bond donors (Lipinski definition) is 0. The van der Waals surface area contributed by atoms with Gasteiger partial charge in [0.2, 0.25) is 0 Å². The topological polar surface area (TPSA) is 62.2 Å². The van der Waals surface area contributed by atoms with E-state index in [2.05, 4.69) is 4.98 Å². The third kappa shape index (κ3) is 3.91. The number of rotatable bonds is 3. The second-order valence-electron chi connectivity index (χ2n) is 3.79. The first kappa shape index (κ1) is 16.9. The Morgan fingerprint density at radius 3 is 2.60 bits per heavy atom. The van der Waals surface area contributed by atoms with E-state index in [9.17, 15) is 9.90 Å². The van der Waals surface area contributed by atoms with Crippen LogP contribution in [0.5, 0.6) is 11.5 Å². The minimum atomic E-state index is -1.37. The third-order valence-corrected chi connectivity index (χ3v) is 2.88. The van der Waals surface area contributed by atoms with Crippen LogP contribution in [0.3, 0.4) is 0 Å². The van der Waals surface area contributed by atoms with Crippen molar-refractivity contribution in [2.45, 2.75) is 6.92 Å². The molecule has 1 aromatic heterocycles. The Morgan fingerprint density at radius 2 is 1.95 bits per heavy atom. The van der Waals surface area contributed by atoms with Crippen molar-refractivity contribution < 1.29 is 33.5 Å². The first-order valence-electron chi connectivity index (χ1n) is 5.28. The number of aryl methyl sites for hydroxylation is 1. The van der Waals surface area contributed by atoms with Gasteiger partial charge < -0.3 is 14.6 Å². The molecule has 0 aliphatic rings. The van der Waals surface area contributed by atoms with E-state index in [0.29, 0.717) is 15.7 Å². The van der Waals surface area contributed by atoms with Gasteiger partial charge in [0, 0.05) is 29.0 Å². The number of carbonyl (C=O) groups is 1. The summed E-state index contributed by atoms with van der Waals surface area (Å²) in [4.78, 5) is 14.9. The summed E-state index contributed by atoms with van der Waals surface area (Å²) in [6, 6.07) is 6.15. The molecule has 0 amide bonds. The normalized spacial score (nSPS) is 9.75. The van der Waals surface area contributed by atoms with Crippen molar-refractivity contribution in [1.29, 1.82) is 0 Å². The molecule has 0 atom stereocenters. The summed E-state index contributed by atoms with van der Waals surface area (Å²) in [7, 11) is 0. The quantitative estimate of drug-likeness (QED) is 0.740. The van der Waals surface area contributed by atoms with Gasteiger partial charge in [-0.25, -0.2) is 0 Å². The fourth-order valence-corrected chi connectivity index (χ4v) is 1.76. The summed E-state index contributed by atoms with van der Waals surface area (Å²) in [5.74, 6) is -1.00. The van der Waals surface area contributed by atoms with Crippen molar-refractivity contribution in [2.24, 2.45) is 0 Å². The van der Waals surface area contributed by atoms with Crippen LogP contribution in [0.1, 0.15) is 16.1 Å². The monoisotopic (exact) mass is 303 g/mol. The van der Waals surface area contributed by atoms with Gasteiger partial charge in [-0.05, 0) is 19.1 Å². The van der Waals surface area contributed by atoms with Crippen LogP contribution in [-0.2, 0) is 0 Å². The molecule has 0 fully saturated rings. The standard InChI is InChI=1S/C13H9Cl2NO3.Li/c1-7-4-11(9(6-16-7)13(17)18)19-12-5-8(14)2-3-10(12)15;/h2-6H,1H3,(H,17,18);/q;+1/p-1. The molecule has 4 nitrogen and oxygen atoms in total. The number of halogens is 2. The number of carboxylic acid groups (broad SMARTS) is 1. The van der Waals surface area contributed by atoms with Crippen LogP contribution in [0.4, 0.5) is 0 Å². The zero-order valence-electron chi connectivity index (χ0n) is 10.8. The summed E-state index contributed by atoms with van der Waals surface area (Å²) in [6.45, 7) is 1.71. The number of aromatic nitrogens is 1. The number of pyridine rings is 1. The molecular weight excluding hydrogens is 296 g/mol. The van der Waals surface area contributed by atoms with Gasteiger partial charge in [0.25, 0.3) is 0 Å². The number of aromatic carboxylic acids is 1. The molecule has 98 valence electrons. The molecule has 0 aliphatic heterocycles. The van der Waals surface area contributed by atoms with Crippen molar-refractivity contribution in [1.82, 2.24) is 4.98 Å². The zero-order valence-corrected chi connectivity index (χ0v) is 12.3. The van der Waals surface area contributed by atoms with E-state index in [-0.39, 0.29) is 35.9 Å². The van der Waals surface area contributed by atoms with Crippen molar-refractivity contribution >= 4 is 29.2 Å². The molecular formula is C13H8Cl2LiNO3. The van der Waals surface area contributed by atoms with Crippen LogP contribution in [-0.4, -0.2) is 11.0 Å². The van der Waals surface area contributed by atoms with Gasteiger partial charge in [0.05, 0.1) is 16.6 Å². The molecule has 0 bridgehead atoms. The minimum absolute atomic E-state index is 0. The largest absolute Gasteiger partial charge is 1.00 e. The molecule has 2 aromatic rings. The molecule has 20 heavy (non-hydrogen) atoms. The first-order valence-corrected chi connectivity index (χ1v) is 6.04. The van der Waals surface area contributed by atoms with E-state index in [1.54, 1.807) is 19.1 Å². The fraction of sp³-hybridized carbons (Fsp3) is 0.0769. The van der Waals surface area contributed by atoms with E-state index in [1.165, 1.54) is 18.3 Å². The summed E-state index contributed by atoms with van der Waals surface area (Å²) < 4.78 is 5.49. The second-order valence-corrected chi connectivity index (χ2v) is 4.63. The minimum Gasteiger partial charge on any atom is -0.545 e. The number of carboxylic acids is 1. The van der Waals surface area contributed by atoms with E-state index in [4.69, 9.17) is 27.9 Å². The van der Waals surface area contributed by atoms with Crippen LogP contribution in [0.25, 0.3) is 0 Å². The predicted molar refractivity (Wildman–Crippen MR) is 69.8 cm³/mol. The zero-order chi connectivity index (χ0) is 14.0. The summed E-state index contributed by atoms with van der Waals surface area (Å²) >= 11 is 11.8. The maximum absolute atomic E-state index is 11.0. The summed E-state index contributed by atoms with van der Waals surface area (Å²) in [5.41, 5.74) is 0.458. The van der Waals surface area contributed by atoms with Gasteiger partial charge in [-0.1, -0.05) is 23.2 Å². The van der Waals surface area contributed by atoms with Crippen LogP contribution in [0.15, 0.2) is 30.5 Å². The molecule has 0 saturated carbocycles. The molecule has 1 aromatic carbocycles. The van der Waals surface area contributed by atoms with Gasteiger partial charge in [0.15, 0.2) is 0 Å². The Bertz CT molecular complexity index is 650. The van der Waals surface area contributed by atoms with Gasteiger partial charge in [-0.15, -0.1) is 0 Å². The number of nitrogens with zero attached hydrogens (tertiary/aromatic N) is 1. The van der Waals surface area contributed by atoms with E-state index >= 15 is 0 Å². The van der Waals surface area contributed by atoms with Gasteiger partial charge in [-0.2, -0.15) is 0 Å². The van der Waals surface area contributed by atoms with Crippen LogP contribution in [0.2, 0.25) is 10.0 Å². The molecule has 0 aliphatic carbocycles. The van der Waals surface area contributed by atoms with E-state index < -0.39 is 5.97 Å². The van der Waals surface area contributed by atoms with E-state index in [0.717, 1.165) is 0 Å². The summed E-state index contributed by atoms with van der Waals surface area (Å²) in [6.07, 6.45) is 1.18. The molecule has 2 rings (SSSR count).